The summed E-state index contributed by atoms with van der Waals surface area (Å²) in [6.07, 6.45) is 7.60. The Morgan fingerprint density at radius 1 is 1.14 bits per heavy atom. The van der Waals surface area contributed by atoms with Crippen LogP contribution in [0, 0.1) is 12.7 Å². The van der Waals surface area contributed by atoms with Gasteiger partial charge in [0.25, 0.3) is 0 Å². The summed E-state index contributed by atoms with van der Waals surface area (Å²) in [7, 11) is 6.41. The standard InChI is InChI=1S/C18H29FN2/c1-14-13-15(19)9-10-16(14)17(20-2)18(21(3)4)11-7-5-6-8-12-18/h9-10,13,17,20H,5-8,11-12H2,1-4H3. The molecule has 0 aliphatic heterocycles. The highest BCUT2D eigenvalue weighted by atomic mass is 19.1. The molecule has 1 aliphatic carbocycles. The Labute approximate surface area is 128 Å². The van der Waals surface area contributed by atoms with Crippen molar-refractivity contribution in [3.05, 3.63) is 35.1 Å². The smallest absolute Gasteiger partial charge is 0.123 e. The third-order valence-corrected chi connectivity index (χ3v) is 5.23. The van der Waals surface area contributed by atoms with Gasteiger partial charge in [0.05, 0.1) is 6.04 Å². The zero-order valence-corrected chi connectivity index (χ0v) is 13.9. The van der Waals surface area contributed by atoms with Gasteiger partial charge in [-0.3, -0.25) is 0 Å². The number of rotatable bonds is 4. The lowest BCUT2D eigenvalue weighted by Gasteiger charge is -2.46. The predicted octanol–water partition coefficient (Wildman–Crippen LogP) is 4.05. The van der Waals surface area contributed by atoms with Gasteiger partial charge in [0.2, 0.25) is 0 Å². The quantitative estimate of drug-likeness (QED) is 0.842. The van der Waals surface area contributed by atoms with Gasteiger partial charge in [-0.1, -0.05) is 31.7 Å². The Bertz CT molecular complexity index is 462. The number of aryl methyl sites for hydroxylation is 1. The van der Waals surface area contributed by atoms with Gasteiger partial charge >= 0.3 is 0 Å². The van der Waals surface area contributed by atoms with Crippen molar-refractivity contribution >= 4 is 0 Å². The fourth-order valence-corrected chi connectivity index (χ4v) is 4.01. The third kappa shape index (κ3) is 3.29. The maximum atomic E-state index is 13.4. The third-order valence-electron chi connectivity index (χ3n) is 5.23. The molecule has 0 spiro atoms. The first kappa shape index (κ1) is 16.4. The van der Waals surface area contributed by atoms with Crippen LogP contribution in [-0.4, -0.2) is 31.6 Å². The van der Waals surface area contributed by atoms with Crippen LogP contribution in [-0.2, 0) is 0 Å². The SMILES string of the molecule is CNC(c1ccc(F)cc1C)C1(N(C)C)CCCCCC1. The lowest BCUT2D eigenvalue weighted by Crippen LogP contribution is -2.53. The van der Waals surface area contributed by atoms with E-state index >= 15 is 0 Å². The summed E-state index contributed by atoms with van der Waals surface area (Å²) < 4.78 is 13.4. The van der Waals surface area contributed by atoms with Crippen molar-refractivity contribution in [2.75, 3.05) is 21.1 Å². The fourth-order valence-electron chi connectivity index (χ4n) is 4.01. The second kappa shape index (κ2) is 6.89. The van der Waals surface area contributed by atoms with Gasteiger partial charge < -0.3 is 10.2 Å². The van der Waals surface area contributed by atoms with E-state index in [0.29, 0.717) is 0 Å². The molecule has 21 heavy (non-hydrogen) atoms. The van der Waals surface area contributed by atoms with Crippen LogP contribution >= 0.6 is 0 Å². The average molecular weight is 292 g/mol. The average Bonchev–Trinajstić information content (AvgIpc) is 2.69. The molecule has 1 saturated carbocycles. The highest BCUT2D eigenvalue weighted by Crippen LogP contribution is 2.41. The second-order valence-corrected chi connectivity index (χ2v) is 6.63. The van der Waals surface area contributed by atoms with E-state index in [1.165, 1.54) is 44.1 Å². The molecule has 1 atom stereocenters. The molecule has 0 amide bonds. The molecule has 1 unspecified atom stereocenters. The molecule has 1 aliphatic rings. The van der Waals surface area contributed by atoms with Crippen molar-refractivity contribution < 1.29 is 4.39 Å². The minimum absolute atomic E-state index is 0.119. The van der Waals surface area contributed by atoms with E-state index in [9.17, 15) is 4.39 Å². The molecular weight excluding hydrogens is 263 g/mol. The minimum Gasteiger partial charge on any atom is -0.311 e. The highest BCUT2D eigenvalue weighted by molar-refractivity contribution is 5.32. The number of nitrogens with zero attached hydrogens (tertiary/aromatic N) is 1. The van der Waals surface area contributed by atoms with Crippen molar-refractivity contribution in [1.29, 1.82) is 0 Å². The molecule has 0 aromatic heterocycles. The van der Waals surface area contributed by atoms with Gasteiger partial charge in [0, 0.05) is 5.54 Å². The Balaban J connectivity index is 2.44. The number of benzene rings is 1. The highest BCUT2D eigenvalue weighted by Gasteiger charge is 2.41. The van der Waals surface area contributed by atoms with Gasteiger partial charge in [-0.15, -0.1) is 0 Å². The minimum atomic E-state index is -0.147. The van der Waals surface area contributed by atoms with Gasteiger partial charge in [0.1, 0.15) is 5.82 Å². The van der Waals surface area contributed by atoms with Crippen molar-refractivity contribution in [2.24, 2.45) is 0 Å². The van der Waals surface area contributed by atoms with E-state index in [0.717, 1.165) is 5.56 Å². The summed E-state index contributed by atoms with van der Waals surface area (Å²) in [5, 5.41) is 3.53. The molecular formula is C18H29FN2. The topological polar surface area (TPSA) is 15.3 Å². The molecule has 0 bridgehead atoms. The molecule has 1 N–H and O–H groups in total. The Hall–Kier alpha value is -0.930. The summed E-state index contributed by atoms with van der Waals surface area (Å²) in [6.45, 7) is 2.02. The van der Waals surface area contributed by atoms with Crippen molar-refractivity contribution in [3.63, 3.8) is 0 Å². The van der Waals surface area contributed by atoms with E-state index in [4.69, 9.17) is 0 Å². The lowest BCUT2D eigenvalue weighted by molar-refractivity contribution is 0.0831. The first-order chi connectivity index (χ1) is 10.0. The molecule has 1 fully saturated rings. The normalized spacial score (nSPS) is 20.3. The molecule has 0 heterocycles. The maximum Gasteiger partial charge on any atom is 0.123 e. The van der Waals surface area contributed by atoms with Crippen LogP contribution in [0.25, 0.3) is 0 Å². The molecule has 1 aromatic rings. The van der Waals surface area contributed by atoms with E-state index in [1.807, 2.05) is 20.0 Å². The van der Waals surface area contributed by atoms with Crippen molar-refractivity contribution in [3.8, 4) is 0 Å². The van der Waals surface area contributed by atoms with Crippen LogP contribution in [0.5, 0.6) is 0 Å². The molecule has 3 heteroatoms. The van der Waals surface area contributed by atoms with E-state index in [-0.39, 0.29) is 17.4 Å². The first-order valence-corrected chi connectivity index (χ1v) is 8.12. The lowest BCUT2D eigenvalue weighted by atomic mass is 9.77. The number of hydrogen-bond acceptors (Lipinski definition) is 2. The number of halogens is 1. The fraction of sp³-hybridized carbons (Fsp3) is 0.667. The number of likely N-dealkylation sites (N-methyl/N-ethyl adjacent to an activating group) is 2. The Morgan fingerprint density at radius 3 is 2.24 bits per heavy atom. The van der Waals surface area contributed by atoms with Crippen LogP contribution in [0.15, 0.2) is 18.2 Å². The van der Waals surface area contributed by atoms with Gasteiger partial charge in [-0.2, -0.15) is 0 Å². The first-order valence-electron chi connectivity index (χ1n) is 8.12. The van der Waals surface area contributed by atoms with Gasteiger partial charge in [-0.25, -0.2) is 4.39 Å². The van der Waals surface area contributed by atoms with E-state index < -0.39 is 0 Å². The van der Waals surface area contributed by atoms with E-state index in [2.05, 4.69) is 24.3 Å². The monoisotopic (exact) mass is 292 g/mol. The van der Waals surface area contributed by atoms with Crippen LogP contribution in [0.3, 0.4) is 0 Å². The Morgan fingerprint density at radius 2 is 1.76 bits per heavy atom. The van der Waals surface area contributed by atoms with Crippen molar-refractivity contribution in [2.45, 2.75) is 57.0 Å². The van der Waals surface area contributed by atoms with Crippen LogP contribution in [0.1, 0.15) is 55.7 Å². The molecule has 0 radical (unpaired) electrons. The zero-order chi connectivity index (χ0) is 15.5. The molecule has 118 valence electrons. The van der Waals surface area contributed by atoms with Crippen LogP contribution in [0.4, 0.5) is 4.39 Å². The molecule has 2 rings (SSSR count). The number of nitrogens with one attached hydrogen (secondary N) is 1. The summed E-state index contributed by atoms with van der Waals surface area (Å²) in [5.41, 5.74) is 2.39. The summed E-state index contributed by atoms with van der Waals surface area (Å²) in [6, 6.07) is 5.44. The Kier molecular flexibility index (Phi) is 5.39. The molecule has 1 aromatic carbocycles. The van der Waals surface area contributed by atoms with E-state index in [1.54, 1.807) is 12.1 Å². The van der Waals surface area contributed by atoms with Crippen LogP contribution < -0.4 is 5.32 Å². The maximum absolute atomic E-state index is 13.4. The molecule has 2 nitrogen and oxygen atoms in total. The van der Waals surface area contributed by atoms with Crippen molar-refractivity contribution in [1.82, 2.24) is 10.2 Å². The number of hydrogen-bond donors (Lipinski definition) is 1. The largest absolute Gasteiger partial charge is 0.311 e. The summed E-state index contributed by atoms with van der Waals surface area (Å²) >= 11 is 0. The van der Waals surface area contributed by atoms with Gasteiger partial charge in [-0.05, 0) is 64.2 Å². The predicted molar refractivity (Wildman–Crippen MR) is 87.1 cm³/mol. The summed E-state index contributed by atoms with van der Waals surface area (Å²) in [5.74, 6) is -0.147. The zero-order valence-electron chi connectivity index (χ0n) is 13.9. The van der Waals surface area contributed by atoms with Gasteiger partial charge in [0.15, 0.2) is 0 Å². The summed E-state index contributed by atoms with van der Waals surface area (Å²) in [4.78, 5) is 2.39. The second-order valence-electron chi connectivity index (χ2n) is 6.63. The molecule has 0 saturated heterocycles. The van der Waals surface area contributed by atoms with Crippen LogP contribution in [0.2, 0.25) is 0 Å².